The summed E-state index contributed by atoms with van der Waals surface area (Å²) < 4.78 is 9.13. The summed E-state index contributed by atoms with van der Waals surface area (Å²) in [5, 5.41) is 0. The Morgan fingerprint density at radius 2 is 1.44 bits per heavy atom. The molecular weight excluding hydrogens is 246 g/mol. The third-order valence-corrected chi connectivity index (χ3v) is 45.0. The number of hydrogen-bond acceptors (Lipinski definition) is 2. The van der Waals surface area contributed by atoms with Crippen molar-refractivity contribution in [2.45, 2.75) is 58.2 Å². The minimum atomic E-state index is -1.49. The van der Waals surface area contributed by atoms with Gasteiger partial charge in [-0.2, -0.15) is 0 Å². The van der Waals surface area contributed by atoms with Crippen LogP contribution in [0.2, 0.25) is 38.8 Å². The second-order valence-electron chi connectivity index (χ2n) is 7.34. The zero-order valence-corrected chi connectivity index (χ0v) is 15.6. The Balaban J connectivity index is 3.26. The topological polar surface area (TPSA) is 12.5 Å². The average molecular weight is 276 g/mol. The first kappa shape index (κ1) is 14.6. The van der Waals surface area contributed by atoms with Crippen molar-refractivity contribution in [1.82, 2.24) is 4.57 Å². The molecule has 16 heavy (non-hydrogen) atoms. The van der Waals surface area contributed by atoms with E-state index >= 15 is 0 Å². The highest BCUT2D eigenvalue weighted by Crippen LogP contribution is 2.44. The van der Waals surface area contributed by atoms with Gasteiger partial charge in [-0.3, -0.25) is 0 Å². The van der Waals surface area contributed by atoms with Crippen LogP contribution in [0.3, 0.4) is 0 Å². The van der Waals surface area contributed by atoms with E-state index in [4.69, 9.17) is 4.43 Å². The van der Waals surface area contributed by atoms with Crippen LogP contribution >= 0.6 is 0 Å². The summed E-state index contributed by atoms with van der Waals surface area (Å²) in [6, 6.07) is 1.29. The van der Waals surface area contributed by atoms with Crippen LogP contribution in [0.1, 0.15) is 13.8 Å². The van der Waals surface area contributed by atoms with Gasteiger partial charge in [-0.05, 0) is 47.1 Å². The van der Waals surface area contributed by atoms with Crippen LogP contribution in [0, 0.1) is 0 Å². The van der Waals surface area contributed by atoms with Crippen LogP contribution in [-0.2, 0) is 4.43 Å². The minimum absolute atomic E-state index is 0.101. The molecule has 0 aromatic heterocycles. The van der Waals surface area contributed by atoms with Crippen LogP contribution in [0.25, 0.3) is 0 Å². The van der Waals surface area contributed by atoms with E-state index in [1.165, 1.54) is 6.04 Å². The predicted octanol–water partition coefficient (Wildman–Crippen LogP) is 3.00. The lowest BCUT2D eigenvalue weighted by atomic mass is 10.2. The van der Waals surface area contributed by atoms with Gasteiger partial charge in [0.05, 0.1) is 7.11 Å². The van der Waals surface area contributed by atoms with Gasteiger partial charge in [0.15, 0.2) is 7.83 Å². The number of nitrogens with zero attached hydrogens (tertiary/aromatic N) is 1. The van der Waals surface area contributed by atoms with Gasteiger partial charge in [0, 0.05) is 5.60 Å². The first-order chi connectivity index (χ1) is 6.86. The Morgan fingerprint density at radius 3 is 1.81 bits per heavy atom. The van der Waals surface area contributed by atoms with E-state index in [9.17, 15) is 0 Å². The third kappa shape index (κ3) is 2.01. The summed E-state index contributed by atoms with van der Waals surface area (Å²) >= 11 is 0. The van der Waals surface area contributed by atoms with Crippen molar-refractivity contribution in [1.29, 1.82) is 0 Å². The average Bonchev–Trinajstić information content (AvgIpc) is 1.97. The molecule has 1 heterocycles. The molecule has 96 valence electrons. The Labute approximate surface area is 104 Å². The van der Waals surface area contributed by atoms with E-state index in [1.54, 1.807) is 0 Å². The summed E-state index contributed by atoms with van der Waals surface area (Å²) in [6.45, 7) is 17.3. The minimum Gasteiger partial charge on any atom is -0.416 e. The standard InChI is InChI=1S/C11H29NOSi3/c1-11(2)10-16(9,12(3)4)15(7,8)14(5,6)13-11/h10H2,1-9H3. The molecule has 2 nitrogen and oxygen atoms in total. The first-order valence-electron chi connectivity index (χ1n) is 6.23. The maximum Gasteiger partial charge on any atom is 0.173 e. The van der Waals surface area contributed by atoms with E-state index in [0.717, 1.165) is 0 Å². The molecule has 0 aliphatic carbocycles. The molecular formula is C11H29NOSi3. The Hall–Kier alpha value is 0.571. The first-order valence-corrected chi connectivity index (χ1v) is 16.8. The molecule has 5 heteroatoms. The summed E-state index contributed by atoms with van der Waals surface area (Å²) in [7, 11) is 0.559. The molecule has 0 aromatic rings. The van der Waals surface area contributed by atoms with Gasteiger partial charge in [-0.25, -0.2) is 0 Å². The molecule has 1 rings (SSSR count). The highest BCUT2D eigenvalue weighted by atomic mass is 29.6. The monoisotopic (exact) mass is 275 g/mol. The van der Waals surface area contributed by atoms with Crippen LogP contribution in [0.4, 0.5) is 0 Å². The van der Waals surface area contributed by atoms with E-state index in [2.05, 4.69) is 65.2 Å². The summed E-state index contributed by atoms with van der Waals surface area (Å²) in [6.07, 6.45) is 0. The summed E-state index contributed by atoms with van der Waals surface area (Å²) in [4.78, 5) is 0. The second-order valence-corrected chi connectivity index (χ2v) is 33.5. The normalized spacial score (nSPS) is 36.4. The van der Waals surface area contributed by atoms with E-state index in [1.807, 2.05) is 0 Å². The fourth-order valence-electron chi connectivity index (χ4n) is 3.27. The molecule has 0 saturated carbocycles. The number of rotatable bonds is 1. The molecule has 1 fully saturated rings. The molecule has 0 spiro atoms. The van der Waals surface area contributed by atoms with Crippen LogP contribution in [0.5, 0.6) is 0 Å². The van der Waals surface area contributed by atoms with E-state index < -0.39 is 22.7 Å². The van der Waals surface area contributed by atoms with Crippen LogP contribution in [-0.4, -0.2) is 47.0 Å². The fraction of sp³-hybridized carbons (Fsp3) is 1.00. The lowest BCUT2D eigenvalue weighted by Gasteiger charge is -2.60. The van der Waals surface area contributed by atoms with Crippen molar-refractivity contribution in [2.24, 2.45) is 0 Å². The van der Waals surface area contributed by atoms with Gasteiger partial charge in [0.1, 0.15) is 7.75 Å². The molecule has 1 unspecified atom stereocenters. The highest BCUT2D eigenvalue weighted by Gasteiger charge is 2.63. The van der Waals surface area contributed by atoms with Crippen LogP contribution < -0.4 is 0 Å². The van der Waals surface area contributed by atoms with Crippen molar-refractivity contribution in [3.63, 3.8) is 0 Å². The Bertz CT molecular complexity index is 289. The van der Waals surface area contributed by atoms with Crippen molar-refractivity contribution in [2.75, 3.05) is 14.1 Å². The largest absolute Gasteiger partial charge is 0.416 e. The van der Waals surface area contributed by atoms with Gasteiger partial charge in [-0.15, -0.1) is 0 Å². The van der Waals surface area contributed by atoms with Crippen molar-refractivity contribution in [3.8, 4) is 0 Å². The van der Waals surface area contributed by atoms with Gasteiger partial charge in [-0.1, -0.05) is 19.6 Å². The third-order valence-electron chi connectivity index (χ3n) is 5.14. The molecule has 0 bridgehead atoms. The Kier molecular flexibility index (Phi) is 3.46. The zero-order chi connectivity index (χ0) is 13.0. The molecule has 0 amide bonds. The summed E-state index contributed by atoms with van der Waals surface area (Å²) in [5.41, 5.74) is 0.101. The maximum absolute atomic E-state index is 6.53. The van der Waals surface area contributed by atoms with Gasteiger partial charge in [0.2, 0.25) is 0 Å². The quantitative estimate of drug-likeness (QED) is 0.682. The van der Waals surface area contributed by atoms with E-state index in [0.29, 0.717) is 0 Å². The molecule has 1 atom stereocenters. The maximum atomic E-state index is 6.53. The van der Waals surface area contributed by atoms with E-state index in [-0.39, 0.29) is 5.60 Å². The van der Waals surface area contributed by atoms with Gasteiger partial charge < -0.3 is 8.99 Å². The molecule has 1 aliphatic heterocycles. The molecule has 1 saturated heterocycles. The van der Waals surface area contributed by atoms with Crippen LogP contribution in [0.15, 0.2) is 0 Å². The molecule has 0 radical (unpaired) electrons. The smallest absolute Gasteiger partial charge is 0.173 e. The van der Waals surface area contributed by atoms with Crippen molar-refractivity contribution < 1.29 is 4.43 Å². The lowest BCUT2D eigenvalue weighted by Crippen LogP contribution is -2.82. The van der Waals surface area contributed by atoms with Gasteiger partial charge in [0.25, 0.3) is 0 Å². The van der Waals surface area contributed by atoms with Gasteiger partial charge >= 0.3 is 0 Å². The highest BCUT2D eigenvalue weighted by molar-refractivity contribution is 7.67. The summed E-state index contributed by atoms with van der Waals surface area (Å²) in [5.74, 6) is 0. The molecule has 0 aromatic carbocycles. The number of hydrogen-bond donors (Lipinski definition) is 0. The fourth-order valence-corrected chi connectivity index (χ4v) is 36.4. The van der Waals surface area contributed by atoms with Crippen molar-refractivity contribution in [3.05, 3.63) is 0 Å². The second kappa shape index (κ2) is 3.78. The van der Waals surface area contributed by atoms with Crippen molar-refractivity contribution >= 4 is 22.7 Å². The zero-order valence-electron chi connectivity index (χ0n) is 12.6. The predicted molar refractivity (Wildman–Crippen MR) is 80.2 cm³/mol. The Morgan fingerprint density at radius 1 is 1.00 bits per heavy atom. The lowest BCUT2D eigenvalue weighted by molar-refractivity contribution is 0.120. The molecule has 0 N–H and O–H groups in total. The SMILES string of the molecule is CN(C)[Si]1(C)CC(C)(C)O[Si](C)(C)[Si]1(C)C. The molecule has 1 aliphatic rings.